The van der Waals surface area contributed by atoms with Crippen molar-refractivity contribution in [2.75, 3.05) is 27.9 Å². The Labute approximate surface area is 164 Å². The fraction of sp³-hybridized carbons (Fsp3) is 0.333. The van der Waals surface area contributed by atoms with Crippen LogP contribution in [0.25, 0.3) is 0 Å². The van der Waals surface area contributed by atoms with Crippen molar-refractivity contribution in [3.63, 3.8) is 0 Å². The van der Waals surface area contributed by atoms with E-state index in [-0.39, 0.29) is 6.61 Å². The Morgan fingerprint density at radius 2 is 1.71 bits per heavy atom. The third kappa shape index (κ3) is 4.86. The lowest BCUT2D eigenvalue weighted by Crippen LogP contribution is -2.32. The Bertz CT molecular complexity index is 835. The lowest BCUT2D eigenvalue weighted by Gasteiger charge is -2.17. The molecule has 1 atom stereocenters. The van der Waals surface area contributed by atoms with Crippen LogP contribution in [0.4, 0.5) is 0 Å². The van der Waals surface area contributed by atoms with Crippen molar-refractivity contribution in [3.05, 3.63) is 47.5 Å². The van der Waals surface area contributed by atoms with E-state index >= 15 is 0 Å². The summed E-state index contributed by atoms with van der Waals surface area (Å²) < 4.78 is 21.5. The summed E-state index contributed by atoms with van der Waals surface area (Å²) in [5.74, 6) is 1.46. The summed E-state index contributed by atoms with van der Waals surface area (Å²) in [5.41, 5.74) is 1.52. The highest BCUT2D eigenvalue weighted by atomic mass is 16.5. The van der Waals surface area contributed by atoms with Crippen LogP contribution in [0.5, 0.6) is 23.0 Å². The van der Waals surface area contributed by atoms with Gasteiger partial charge < -0.3 is 24.3 Å². The molecule has 0 saturated heterocycles. The number of hydrogen-bond acceptors (Lipinski definition) is 6. The number of benzene rings is 2. The van der Waals surface area contributed by atoms with Crippen LogP contribution in [0, 0.1) is 11.3 Å². The highest BCUT2D eigenvalue weighted by molar-refractivity contribution is 5.78. The van der Waals surface area contributed by atoms with Crippen LogP contribution < -0.4 is 24.3 Å². The van der Waals surface area contributed by atoms with Crippen LogP contribution >= 0.6 is 0 Å². The second-order valence-electron chi connectivity index (χ2n) is 5.84. The molecule has 0 aliphatic rings. The van der Waals surface area contributed by atoms with Crippen LogP contribution in [0.2, 0.25) is 0 Å². The Hall–Kier alpha value is -3.40. The minimum Gasteiger partial charge on any atom is -0.493 e. The van der Waals surface area contributed by atoms with Gasteiger partial charge in [-0.1, -0.05) is 25.1 Å². The minimum absolute atomic E-state index is 0.195. The van der Waals surface area contributed by atoms with Crippen LogP contribution in [0.15, 0.2) is 36.4 Å². The zero-order valence-corrected chi connectivity index (χ0v) is 16.4. The highest BCUT2D eigenvalue weighted by Gasteiger charge is 2.20. The molecule has 28 heavy (non-hydrogen) atoms. The topological polar surface area (TPSA) is 89.8 Å². The van der Waals surface area contributed by atoms with Crippen molar-refractivity contribution in [2.24, 2.45) is 0 Å². The predicted molar refractivity (Wildman–Crippen MR) is 104 cm³/mol. The zero-order valence-electron chi connectivity index (χ0n) is 16.4. The highest BCUT2D eigenvalue weighted by Crippen LogP contribution is 2.39. The van der Waals surface area contributed by atoms with E-state index in [9.17, 15) is 10.1 Å². The third-order valence-corrected chi connectivity index (χ3v) is 4.17. The van der Waals surface area contributed by atoms with Gasteiger partial charge in [0.1, 0.15) is 11.8 Å². The van der Waals surface area contributed by atoms with E-state index in [2.05, 4.69) is 11.4 Å². The van der Waals surface area contributed by atoms with E-state index in [1.165, 1.54) is 21.3 Å². The molecule has 2 rings (SSSR count). The van der Waals surface area contributed by atoms with Crippen molar-refractivity contribution in [3.8, 4) is 29.1 Å². The monoisotopic (exact) mass is 384 g/mol. The molecule has 2 aromatic carbocycles. The Morgan fingerprint density at radius 1 is 1.07 bits per heavy atom. The first-order valence-corrected chi connectivity index (χ1v) is 8.77. The average Bonchev–Trinajstić information content (AvgIpc) is 2.74. The van der Waals surface area contributed by atoms with Crippen LogP contribution in [0.1, 0.15) is 24.1 Å². The summed E-state index contributed by atoms with van der Waals surface area (Å²) in [6.45, 7) is 1.82. The Morgan fingerprint density at radius 3 is 2.25 bits per heavy atom. The Kier molecular flexibility index (Phi) is 7.52. The summed E-state index contributed by atoms with van der Waals surface area (Å²) in [4.78, 5) is 12.3. The fourth-order valence-corrected chi connectivity index (χ4v) is 2.74. The Balaban J connectivity index is 2.13. The zero-order chi connectivity index (χ0) is 20.5. The predicted octanol–water partition coefficient (Wildman–Crippen LogP) is 3.03. The molecule has 0 spiro atoms. The number of methoxy groups -OCH3 is 3. The molecule has 1 amide bonds. The summed E-state index contributed by atoms with van der Waals surface area (Å²) in [7, 11) is 4.47. The fourth-order valence-electron chi connectivity index (χ4n) is 2.74. The molecule has 1 unspecified atom stereocenters. The van der Waals surface area contributed by atoms with Gasteiger partial charge in [0.15, 0.2) is 18.1 Å². The molecule has 0 aromatic heterocycles. The van der Waals surface area contributed by atoms with Gasteiger partial charge in [-0.15, -0.1) is 0 Å². The molecule has 1 N–H and O–H groups in total. The molecule has 0 aliphatic heterocycles. The maximum absolute atomic E-state index is 12.3. The van der Waals surface area contributed by atoms with Crippen LogP contribution in [0.3, 0.4) is 0 Å². The lowest BCUT2D eigenvalue weighted by molar-refractivity contribution is -0.123. The van der Waals surface area contributed by atoms with Gasteiger partial charge in [0.2, 0.25) is 5.75 Å². The van der Waals surface area contributed by atoms with Gasteiger partial charge in [-0.3, -0.25) is 4.79 Å². The van der Waals surface area contributed by atoms with E-state index < -0.39 is 11.9 Å². The first kappa shape index (κ1) is 20.9. The van der Waals surface area contributed by atoms with Gasteiger partial charge in [0.05, 0.1) is 27.4 Å². The molecule has 7 heteroatoms. The number of para-hydroxylation sites is 1. The van der Waals surface area contributed by atoms with Crippen molar-refractivity contribution in [1.29, 1.82) is 5.26 Å². The normalized spacial score (nSPS) is 11.1. The summed E-state index contributed by atoms with van der Waals surface area (Å²) in [5, 5.41) is 12.2. The van der Waals surface area contributed by atoms with Crippen LogP contribution in [-0.2, 0) is 11.2 Å². The molecule has 0 saturated carbocycles. The number of nitrogens with one attached hydrogen (secondary N) is 1. The van der Waals surface area contributed by atoms with Crippen molar-refractivity contribution < 1.29 is 23.7 Å². The third-order valence-electron chi connectivity index (χ3n) is 4.17. The standard InChI is InChI=1S/C21H24N2O5/c1-5-14-8-6-7-9-17(14)28-13-20(24)23-16(12-22)15-10-18(25-2)21(27-4)19(11-15)26-3/h6-11,16H,5,13H2,1-4H3,(H,23,24). The van der Waals surface area contributed by atoms with Gasteiger partial charge in [0, 0.05) is 0 Å². The van der Waals surface area contributed by atoms with Crippen LogP contribution in [-0.4, -0.2) is 33.8 Å². The average molecular weight is 384 g/mol. The number of aryl methyl sites for hydroxylation is 1. The maximum atomic E-state index is 12.3. The molecule has 0 heterocycles. The number of rotatable bonds is 9. The molecule has 0 fully saturated rings. The SMILES string of the molecule is CCc1ccccc1OCC(=O)NC(C#N)c1cc(OC)c(OC)c(OC)c1. The van der Waals surface area contributed by atoms with Crippen molar-refractivity contribution in [2.45, 2.75) is 19.4 Å². The van der Waals surface area contributed by atoms with Gasteiger partial charge in [-0.25, -0.2) is 0 Å². The number of hydrogen-bond donors (Lipinski definition) is 1. The number of amides is 1. The number of nitrogens with zero attached hydrogens (tertiary/aromatic N) is 1. The van der Waals surface area contributed by atoms with E-state index in [1.54, 1.807) is 12.1 Å². The smallest absolute Gasteiger partial charge is 0.259 e. The number of nitriles is 1. The first-order valence-electron chi connectivity index (χ1n) is 8.77. The van der Waals surface area contributed by atoms with Gasteiger partial charge >= 0.3 is 0 Å². The van der Waals surface area contributed by atoms with Crippen molar-refractivity contribution in [1.82, 2.24) is 5.32 Å². The minimum atomic E-state index is -0.897. The first-order chi connectivity index (χ1) is 13.6. The molecule has 7 nitrogen and oxygen atoms in total. The number of carbonyl (C=O) groups is 1. The second kappa shape index (κ2) is 10.1. The molecule has 0 bridgehead atoms. The quantitative estimate of drug-likeness (QED) is 0.715. The van der Waals surface area contributed by atoms with E-state index in [4.69, 9.17) is 18.9 Å². The summed E-state index contributed by atoms with van der Waals surface area (Å²) >= 11 is 0. The number of carbonyl (C=O) groups excluding carboxylic acids is 1. The number of ether oxygens (including phenoxy) is 4. The van der Waals surface area contributed by atoms with E-state index in [1.807, 2.05) is 31.2 Å². The molecule has 148 valence electrons. The molecule has 0 aliphatic carbocycles. The van der Waals surface area contributed by atoms with E-state index in [0.717, 1.165) is 12.0 Å². The molecule has 0 radical (unpaired) electrons. The maximum Gasteiger partial charge on any atom is 0.259 e. The van der Waals surface area contributed by atoms with Gasteiger partial charge in [-0.05, 0) is 35.7 Å². The van der Waals surface area contributed by atoms with E-state index in [0.29, 0.717) is 28.6 Å². The van der Waals surface area contributed by atoms with Crippen molar-refractivity contribution >= 4 is 5.91 Å². The molecule has 2 aromatic rings. The van der Waals surface area contributed by atoms with Gasteiger partial charge in [-0.2, -0.15) is 5.26 Å². The summed E-state index contributed by atoms with van der Waals surface area (Å²) in [6, 6.07) is 12.0. The lowest BCUT2D eigenvalue weighted by atomic mass is 10.1. The molecular weight excluding hydrogens is 360 g/mol. The largest absolute Gasteiger partial charge is 0.493 e. The van der Waals surface area contributed by atoms with Gasteiger partial charge in [0.25, 0.3) is 5.91 Å². The molecular formula is C21H24N2O5. The summed E-state index contributed by atoms with van der Waals surface area (Å²) in [6.07, 6.45) is 0.796. The second-order valence-corrected chi connectivity index (χ2v) is 5.84.